The summed E-state index contributed by atoms with van der Waals surface area (Å²) in [5.41, 5.74) is 3.59. The molecule has 0 atom stereocenters. The van der Waals surface area contributed by atoms with Gasteiger partial charge in [-0.05, 0) is 19.1 Å². The standard InChI is InChI=1S/C11H11ClN4S/c1-7-3-2-4-8(5-7)17-10-9(12)6-14-11(15-10)16-13/h2-6H,13H2,1H3,(H,14,15,16). The number of rotatable bonds is 3. The lowest BCUT2D eigenvalue weighted by Crippen LogP contribution is -2.10. The molecule has 17 heavy (non-hydrogen) atoms. The number of aromatic nitrogens is 2. The molecule has 0 bridgehead atoms. The lowest BCUT2D eigenvalue weighted by Gasteiger charge is -2.05. The molecule has 2 aromatic rings. The molecule has 2 rings (SSSR count). The predicted molar refractivity (Wildman–Crippen MR) is 70.2 cm³/mol. The van der Waals surface area contributed by atoms with Gasteiger partial charge in [0.25, 0.3) is 0 Å². The van der Waals surface area contributed by atoms with E-state index in [1.54, 1.807) is 0 Å². The summed E-state index contributed by atoms with van der Waals surface area (Å²) in [6, 6.07) is 8.11. The molecule has 0 saturated carbocycles. The SMILES string of the molecule is Cc1cccc(Sc2nc(NN)ncc2Cl)c1. The third kappa shape index (κ3) is 3.09. The molecule has 0 fully saturated rings. The fourth-order valence-electron chi connectivity index (χ4n) is 1.28. The number of benzene rings is 1. The molecule has 1 aromatic carbocycles. The first kappa shape index (κ1) is 12.2. The van der Waals surface area contributed by atoms with E-state index in [4.69, 9.17) is 17.4 Å². The number of aryl methyl sites for hydroxylation is 1. The van der Waals surface area contributed by atoms with Gasteiger partial charge in [-0.25, -0.2) is 15.8 Å². The lowest BCUT2D eigenvalue weighted by atomic mass is 10.2. The number of nitrogens with one attached hydrogen (secondary N) is 1. The van der Waals surface area contributed by atoms with Crippen LogP contribution in [0, 0.1) is 6.92 Å². The van der Waals surface area contributed by atoms with Crippen LogP contribution in [0.4, 0.5) is 5.95 Å². The van der Waals surface area contributed by atoms with Gasteiger partial charge in [-0.15, -0.1) is 0 Å². The van der Waals surface area contributed by atoms with Crippen molar-refractivity contribution in [1.29, 1.82) is 0 Å². The number of hydrogen-bond donors (Lipinski definition) is 2. The second-order valence-electron chi connectivity index (χ2n) is 3.41. The Bertz CT molecular complexity index is 533. The highest BCUT2D eigenvalue weighted by Crippen LogP contribution is 2.31. The molecule has 1 aromatic heterocycles. The van der Waals surface area contributed by atoms with Crippen LogP contribution < -0.4 is 11.3 Å². The fraction of sp³-hybridized carbons (Fsp3) is 0.0909. The molecule has 0 radical (unpaired) electrons. The van der Waals surface area contributed by atoms with Crippen molar-refractivity contribution in [2.45, 2.75) is 16.8 Å². The largest absolute Gasteiger partial charge is 0.292 e. The molecule has 0 aliphatic rings. The second kappa shape index (κ2) is 5.35. The minimum atomic E-state index is 0.351. The Kier molecular flexibility index (Phi) is 3.83. The van der Waals surface area contributed by atoms with Crippen LogP contribution >= 0.6 is 23.4 Å². The predicted octanol–water partition coefficient (Wildman–Crippen LogP) is 2.88. The Hall–Kier alpha value is -1.30. The third-order valence-corrected chi connectivity index (χ3v) is 3.43. The van der Waals surface area contributed by atoms with E-state index in [0.717, 1.165) is 4.90 Å². The van der Waals surface area contributed by atoms with Gasteiger partial charge in [0, 0.05) is 4.90 Å². The Morgan fingerprint density at radius 1 is 1.41 bits per heavy atom. The normalized spacial score (nSPS) is 10.3. The Balaban J connectivity index is 2.29. The summed E-state index contributed by atoms with van der Waals surface area (Å²) in [4.78, 5) is 9.20. The minimum Gasteiger partial charge on any atom is -0.292 e. The van der Waals surface area contributed by atoms with Gasteiger partial charge in [-0.3, -0.25) is 5.43 Å². The number of hydrogen-bond acceptors (Lipinski definition) is 5. The molecule has 88 valence electrons. The zero-order valence-electron chi connectivity index (χ0n) is 9.14. The zero-order chi connectivity index (χ0) is 12.3. The second-order valence-corrected chi connectivity index (χ2v) is 4.88. The first-order chi connectivity index (χ1) is 8.19. The van der Waals surface area contributed by atoms with E-state index in [1.165, 1.54) is 23.5 Å². The Labute approximate surface area is 109 Å². The van der Waals surface area contributed by atoms with Crippen LogP contribution in [-0.2, 0) is 0 Å². The van der Waals surface area contributed by atoms with Crippen LogP contribution in [0.15, 0.2) is 40.4 Å². The summed E-state index contributed by atoms with van der Waals surface area (Å²) < 4.78 is 0. The summed E-state index contributed by atoms with van der Waals surface area (Å²) in [6.45, 7) is 2.04. The first-order valence-corrected chi connectivity index (χ1v) is 6.12. The molecule has 6 heteroatoms. The Morgan fingerprint density at radius 2 is 2.24 bits per heavy atom. The minimum absolute atomic E-state index is 0.351. The third-order valence-electron chi connectivity index (χ3n) is 2.05. The topological polar surface area (TPSA) is 63.8 Å². The number of halogens is 1. The van der Waals surface area contributed by atoms with Crippen LogP contribution in [0.3, 0.4) is 0 Å². The molecule has 4 nitrogen and oxygen atoms in total. The summed E-state index contributed by atoms with van der Waals surface area (Å²) >= 11 is 7.51. The lowest BCUT2D eigenvalue weighted by molar-refractivity contribution is 1.03. The van der Waals surface area contributed by atoms with Crippen molar-refractivity contribution in [3.05, 3.63) is 41.0 Å². The summed E-state index contributed by atoms with van der Waals surface area (Å²) in [7, 11) is 0. The summed E-state index contributed by atoms with van der Waals surface area (Å²) in [6.07, 6.45) is 1.53. The maximum atomic E-state index is 6.03. The molecular weight excluding hydrogens is 256 g/mol. The van der Waals surface area contributed by atoms with Gasteiger partial charge in [0.15, 0.2) is 0 Å². The van der Waals surface area contributed by atoms with Gasteiger partial charge >= 0.3 is 0 Å². The Morgan fingerprint density at radius 3 is 2.94 bits per heavy atom. The molecule has 0 unspecified atom stereocenters. The van der Waals surface area contributed by atoms with Gasteiger partial charge in [-0.2, -0.15) is 0 Å². The van der Waals surface area contributed by atoms with Gasteiger partial charge in [0.1, 0.15) is 5.03 Å². The number of nitrogens with zero attached hydrogens (tertiary/aromatic N) is 2. The number of nitrogens with two attached hydrogens (primary N) is 1. The first-order valence-electron chi connectivity index (χ1n) is 4.92. The molecule has 0 amide bonds. The van der Waals surface area contributed by atoms with Gasteiger partial charge < -0.3 is 0 Å². The van der Waals surface area contributed by atoms with E-state index in [9.17, 15) is 0 Å². The molecule has 0 spiro atoms. The van der Waals surface area contributed by atoms with Gasteiger partial charge in [-0.1, -0.05) is 41.1 Å². The maximum Gasteiger partial charge on any atom is 0.238 e. The van der Waals surface area contributed by atoms with E-state index in [1.807, 2.05) is 25.1 Å². The smallest absolute Gasteiger partial charge is 0.238 e. The molecular formula is C11H11ClN4S. The average molecular weight is 267 g/mol. The van der Waals surface area contributed by atoms with E-state index in [2.05, 4.69) is 21.5 Å². The van der Waals surface area contributed by atoms with E-state index < -0.39 is 0 Å². The quantitative estimate of drug-likeness (QED) is 0.508. The number of anilines is 1. The van der Waals surface area contributed by atoms with Crippen molar-refractivity contribution in [3.8, 4) is 0 Å². The fourth-order valence-corrected chi connectivity index (χ4v) is 2.39. The van der Waals surface area contributed by atoms with Crippen LogP contribution in [0.2, 0.25) is 5.02 Å². The van der Waals surface area contributed by atoms with Crippen molar-refractivity contribution in [2.24, 2.45) is 5.84 Å². The van der Waals surface area contributed by atoms with E-state index in [0.29, 0.717) is 16.0 Å². The van der Waals surface area contributed by atoms with Crippen molar-refractivity contribution in [1.82, 2.24) is 9.97 Å². The van der Waals surface area contributed by atoms with Crippen molar-refractivity contribution >= 4 is 29.3 Å². The molecule has 1 heterocycles. The monoisotopic (exact) mass is 266 g/mol. The number of hydrazine groups is 1. The highest BCUT2D eigenvalue weighted by molar-refractivity contribution is 7.99. The van der Waals surface area contributed by atoms with Gasteiger partial charge in [0.05, 0.1) is 11.2 Å². The number of nitrogen functional groups attached to an aromatic ring is 1. The molecule has 3 N–H and O–H groups in total. The van der Waals surface area contributed by atoms with E-state index >= 15 is 0 Å². The summed E-state index contributed by atoms with van der Waals surface area (Å²) in [5.74, 6) is 5.61. The average Bonchev–Trinajstić information content (AvgIpc) is 2.32. The van der Waals surface area contributed by atoms with Crippen LogP contribution in [0.1, 0.15) is 5.56 Å². The summed E-state index contributed by atoms with van der Waals surface area (Å²) in [5, 5.41) is 1.19. The highest BCUT2D eigenvalue weighted by atomic mass is 35.5. The van der Waals surface area contributed by atoms with E-state index in [-0.39, 0.29) is 0 Å². The van der Waals surface area contributed by atoms with Gasteiger partial charge in [0.2, 0.25) is 5.95 Å². The molecule has 0 aliphatic carbocycles. The van der Waals surface area contributed by atoms with Crippen molar-refractivity contribution in [3.63, 3.8) is 0 Å². The van der Waals surface area contributed by atoms with Crippen LogP contribution in [-0.4, -0.2) is 9.97 Å². The van der Waals surface area contributed by atoms with Crippen LogP contribution in [0.5, 0.6) is 0 Å². The highest BCUT2D eigenvalue weighted by Gasteiger charge is 2.07. The van der Waals surface area contributed by atoms with Crippen molar-refractivity contribution in [2.75, 3.05) is 5.43 Å². The molecule has 0 aliphatic heterocycles. The maximum absolute atomic E-state index is 6.03. The van der Waals surface area contributed by atoms with Crippen molar-refractivity contribution < 1.29 is 0 Å². The van der Waals surface area contributed by atoms with Crippen LogP contribution in [0.25, 0.3) is 0 Å². The zero-order valence-corrected chi connectivity index (χ0v) is 10.7. The molecule has 0 saturated heterocycles.